The molecule has 0 spiro atoms. The van der Waals surface area contributed by atoms with Gasteiger partial charge in [0.2, 0.25) is 11.8 Å². The number of carbonyl (C=O) groups is 2. The second-order valence-electron chi connectivity index (χ2n) is 5.93. The Labute approximate surface area is 131 Å². The van der Waals surface area contributed by atoms with Crippen molar-refractivity contribution in [2.75, 3.05) is 6.54 Å². The Hall–Kier alpha value is -2.05. The van der Waals surface area contributed by atoms with Crippen molar-refractivity contribution in [2.45, 2.75) is 43.9 Å². The van der Waals surface area contributed by atoms with Crippen LogP contribution in [0.4, 0.5) is 13.2 Å². The summed E-state index contributed by atoms with van der Waals surface area (Å²) in [6.07, 6.45) is -2.60. The van der Waals surface area contributed by atoms with E-state index in [0.29, 0.717) is 25.8 Å². The fourth-order valence-electron chi connectivity index (χ4n) is 3.40. The van der Waals surface area contributed by atoms with E-state index in [-0.39, 0.29) is 23.8 Å². The minimum absolute atomic E-state index is 0.134. The maximum atomic E-state index is 13.2. The lowest BCUT2D eigenvalue weighted by Gasteiger charge is -2.29. The van der Waals surface area contributed by atoms with Crippen LogP contribution in [-0.2, 0) is 15.8 Å². The number of carbonyl (C=O) groups excluding carboxylic acids is 2. The van der Waals surface area contributed by atoms with Crippen LogP contribution >= 0.6 is 0 Å². The Morgan fingerprint density at radius 2 is 1.96 bits per heavy atom. The molecule has 1 aromatic rings. The SMILES string of the molecule is O=C1CC[C@H](C(=O)N2CCC[C@@H]2c2ccccc2C(F)(F)F)N1. The Morgan fingerprint density at radius 1 is 1.22 bits per heavy atom. The summed E-state index contributed by atoms with van der Waals surface area (Å²) in [6.45, 7) is 0.419. The molecule has 0 radical (unpaired) electrons. The first kappa shape index (κ1) is 15.8. The number of amides is 2. The lowest BCUT2D eigenvalue weighted by Crippen LogP contribution is -2.44. The largest absolute Gasteiger partial charge is 0.416 e. The summed E-state index contributed by atoms with van der Waals surface area (Å²) in [5, 5.41) is 2.60. The van der Waals surface area contributed by atoms with Gasteiger partial charge in [0.25, 0.3) is 0 Å². The maximum absolute atomic E-state index is 13.2. The summed E-state index contributed by atoms with van der Waals surface area (Å²) >= 11 is 0. The van der Waals surface area contributed by atoms with Gasteiger partial charge in [0.15, 0.2) is 0 Å². The van der Waals surface area contributed by atoms with Gasteiger partial charge in [0.1, 0.15) is 6.04 Å². The average Bonchev–Trinajstić information content (AvgIpc) is 3.14. The van der Waals surface area contributed by atoms with Crippen molar-refractivity contribution in [1.82, 2.24) is 10.2 Å². The maximum Gasteiger partial charge on any atom is 0.416 e. The van der Waals surface area contributed by atoms with E-state index in [1.807, 2.05) is 0 Å². The van der Waals surface area contributed by atoms with Gasteiger partial charge in [-0.2, -0.15) is 13.2 Å². The summed E-state index contributed by atoms with van der Waals surface area (Å²) in [5.74, 6) is -0.467. The van der Waals surface area contributed by atoms with Crippen LogP contribution in [0.3, 0.4) is 0 Å². The van der Waals surface area contributed by atoms with Gasteiger partial charge < -0.3 is 10.2 Å². The van der Waals surface area contributed by atoms with Crippen molar-refractivity contribution in [3.63, 3.8) is 0 Å². The third kappa shape index (κ3) is 3.04. The minimum Gasteiger partial charge on any atom is -0.344 e. The van der Waals surface area contributed by atoms with Crippen LogP contribution in [0.1, 0.15) is 42.9 Å². The van der Waals surface area contributed by atoms with Crippen LogP contribution in [0, 0.1) is 0 Å². The molecule has 7 heteroatoms. The zero-order chi connectivity index (χ0) is 16.6. The van der Waals surface area contributed by atoms with Gasteiger partial charge in [0.05, 0.1) is 11.6 Å². The Kier molecular flexibility index (Phi) is 4.04. The van der Waals surface area contributed by atoms with Crippen molar-refractivity contribution in [2.24, 2.45) is 0 Å². The first-order valence-electron chi connectivity index (χ1n) is 7.64. The van der Waals surface area contributed by atoms with Crippen LogP contribution < -0.4 is 5.32 Å². The van der Waals surface area contributed by atoms with E-state index in [2.05, 4.69) is 5.32 Å². The van der Waals surface area contributed by atoms with Gasteiger partial charge in [0, 0.05) is 13.0 Å². The quantitative estimate of drug-likeness (QED) is 0.908. The molecule has 3 rings (SSSR count). The first-order valence-corrected chi connectivity index (χ1v) is 7.64. The van der Waals surface area contributed by atoms with Gasteiger partial charge in [-0.15, -0.1) is 0 Å². The summed E-state index contributed by atoms with van der Waals surface area (Å²) < 4.78 is 39.7. The number of nitrogens with zero attached hydrogens (tertiary/aromatic N) is 1. The second kappa shape index (κ2) is 5.86. The van der Waals surface area contributed by atoms with Crippen LogP contribution in [0.15, 0.2) is 24.3 Å². The van der Waals surface area contributed by atoms with Crippen LogP contribution in [0.2, 0.25) is 0 Å². The predicted molar refractivity (Wildman–Crippen MR) is 76.3 cm³/mol. The van der Waals surface area contributed by atoms with Crippen LogP contribution in [0.5, 0.6) is 0 Å². The van der Waals surface area contributed by atoms with Gasteiger partial charge in [-0.1, -0.05) is 18.2 Å². The molecule has 2 amide bonds. The highest BCUT2D eigenvalue weighted by Crippen LogP contribution is 2.40. The number of alkyl halides is 3. The Balaban J connectivity index is 1.88. The highest BCUT2D eigenvalue weighted by molar-refractivity contribution is 5.91. The molecule has 0 aromatic heterocycles. The Bertz CT molecular complexity index is 630. The zero-order valence-electron chi connectivity index (χ0n) is 12.4. The van der Waals surface area contributed by atoms with Gasteiger partial charge in [-0.25, -0.2) is 0 Å². The van der Waals surface area contributed by atoms with Gasteiger partial charge >= 0.3 is 6.18 Å². The van der Waals surface area contributed by atoms with Crippen molar-refractivity contribution in [3.05, 3.63) is 35.4 Å². The van der Waals surface area contributed by atoms with E-state index in [9.17, 15) is 22.8 Å². The minimum atomic E-state index is -4.45. The van der Waals surface area contributed by atoms with E-state index in [1.165, 1.54) is 17.0 Å². The lowest BCUT2D eigenvalue weighted by atomic mass is 9.97. The molecule has 1 aromatic carbocycles. The molecular formula is C16H17F3N2O2. The van der Waals surface area contributed by atoms with Gasteiger partial charge in [-0.05, 0) is 30.9 Å². The number of rotatable bonds is 2. The lowest BCUT2D eigenvalue weighted by molar-refractivity contribution is -0.141. The fourth-order valence-corrected chi connectivity index (χ4v) is 3.40. The zero-order valence-corrected chi connectivity index (χ0v) is 12.4. The van der Waals surface area contributed by atoms with E-state index in [1.54, 1.807) is 6.07 Å². The third-order valence-corrected chi connectivity index (χ3v) is 4.45. The molecule has 23 heavy (non-hydrogen) atoms. The second-order valence-corrected chi connectivity index (χ2v) is 5.93. The first-order chi connectivity index (χ1) is 10.9. The molecule has 0 saturated carbocycles. The number of halogens is 3. The average molecular weight is 326 g/mol. The molecule has 124 valence electrons. The summed E-state index contributed by atoms with van der Waals surface area (Å²) in [4.78, 5) is 25.3. The summed E-state index contributed by atoms with van der Waals surface area (Å²) in [6, 6.07) is 4.20. The monoisotopic (exact) mass is 326 g/mol. The van der Waals surface area contributed by atoms with E-state index >= 15 is 0 Å². The summed E-state index contributed by atoms with van der Waals surface area (Å²) in [5.41, 5.74) is -0.560. The molecule has 1 N–H and O–H groups in total. The molecule has 2 heterocycles. The highest BCUT2D eigenvalue weighted by atomic mass is 19.4. The van der Waals surface area contributed by atoms with Crippen molar-refractivity contribution in [1.29, 1.82) is 0 Å². The summed E-state index contributed by atoms with van der Waals surface area (Å²) in [7, 11) is 0. The van der Waals surface area contributed by atoms with Crippen molar-refractivity contribution < 1.29 is 22.8 Å². The fraction of sp³-hybridized carbons (Fsp3) is 0.500. The highest BCUT2D eigenvalue weighted by Gasteiger charge is 2.41. The van der Waals surface area contributed by atoms with Gasteiger partial charge in [-0.3, -0.25) is 9.59 Å². The normalized spacial score (nSPS) is 24.8. The molecular weight excluding hydrogens is 309 g/mol. The predicted octanol–water partition coefficient (Wildman–Crippen LogP) is 2.65. The molecule has 4 nitrogen and oxygen atoms in total. The standard InChI is InChI=1S/C16H17F3N2O2/c17-16(18,19)11-5-2-1-4-10(11)13-6-3-9-21(13)15(23)12-7-8-14(22)20-12/h1-2,4-5,12-13H,3,6-9H2,(H,20,22)/t12-,13-/m1/s1. The number of hydrogen-bond acceptors (Lipinski definition) is 2. The number of hydrogen-bond donors (Lipinski definition) is 1. The number of nitrogens with one attached hydrogen (secondary N) is 1. The topological polar surface area (TPSA) is 49.4 Å². The van der Waals surface area contributed by atoms with E-state index < -0.39 is 23.8 Å². The van der Waals surface area contributed by atoms with E-state index in [0.717, 1.165) is 6.07 Å². The number of benzene rings is 1. The molecule has 0 unspecified atom stereocenters. The van der Waals surface area contributed by atoms with Crippen molar-refractivity contribution >= 4 is 11.8 Å². The molecule has 0 bridgehead atoms. The van der Waals surface area contributed by atoms with Crippen LogP contribution in [-0.4, -0.2) is 29.3 Å². The molecule has 0 aliphatic carbocycles. The number of likely N-dealkylation sites (tertiary alicyclic amines) is 1. The van der Waals surface area contributed by atoms with Crippen molar-refractivity contribution in [3.8, 4) is 0 Å². The van der Waals surface area contributed by atoms with Crippen LogP contribution in [0.25, 0.3) is 0 Å². The molecule has 2 saturated heterocycles. The molecule has 2 aliphatic rings. The third-order valence-electron chi connectivity index (χ3n) is 4.45. The smallest absolute Gasteiger partial charge is 0.344 e. The molecule has 2 atom stereocenters. The molecule has 2 fully saturated rings. The molecule has 2 aliphatic heterocycles. The Morgan fingerprint density at radius 3 is 2.61 bits per heavy atom. The van der Waals surface area contributed by atoms with E-state index in [4.69, 9.17) is 0 Å².